The van der Waals surface area contributed by atoms with Crippen LogP contribution < -0.4 is 15.4 Å². The Morgan fingerprint density at radius 3 is 2.65 bits per heavy atom. The van der Waals surface area contributed by atoms with E-state index in [4.69, 9.17) is 0 Å². The van der Waals surface area contributed by atoms with Crippen molar-refractivity contribution in [3.05, 3.63) is 29.8 Å². The lowest BCUT2D eigenvalue weighted by Gasteiger charge is -2.27. The quantitative estimate of drug-likeness (QED) is 0.685. The predicted octanol–water partition coefficient (Wildman–Crippen LogP) is 2.24. The molecule has 0 aromatic heterocycles. The van der Waals surface area contributed by atoms with Crippen LogP contribution in [-0.2, 0) is 11.2 Å². The van der Waals surface area contributed by atoms with Crippen LogP contribution in [0.1, 0.15) is 25.3 Å². The molecule has 0 aliphatic carbocycles. The number of benzene rings is 1. The van der Waals surface area contributed by atoms with Crippen LogP contribution >= 0.6 is 0 Å². The molecule has 26 heavy (non-hydrogen) atoms. The highest BCUT2D eigenvalue weighted by Gasteiger charge is 2.31. The number of amides is 1. The van der Waals surface area contributed by atoms with Crippen molar-refractivity contribution in [3.8, 4) is 5.75 Å². The van der Waals surface area contributed by atoms with Crippen LogP contribution in [-0.4, -0.2) is 43.1 Å². The third-order valence-electron chi connectivity index (χ3n) is 4.50. The number of carbonyl (C=O) groups excluding carboxylic acids is 1. The maximum atomic E-state index is 12.3. The second kappa shape index (κ2) is 9.23. The van der Waals surface area contributed by atoms with Gasteiger partial charge in [0.05, 0.1) is 0 Å². The van der Waals surface area contributed by atoms with E-state index in [0.29, 0.717) is 19.0 Å². The fraction of sp³-hybridized carbons (Fsp3) is 0.611. The molecule has 1 aliphatic heterocycles. The van der Waals surface area contributed by atoms with Gasteiger partial charge in [-0.3, -0.25) is 4.79 Å². The van der Waals surface area contributed by atoms with Crippen molar-refractivity contribution in [1.29, 1.82) is 0 Å². The van der Waals surface area contributed by atoms with Gasteiger partial charge in [-0.2, -0.15) is 0 Å². The van der Waals surface area contributed by atoms with Crippen molar-refractivity contribution in [1.82, 2.24) is 10.6 Å². The van der Waals surface area contributed by atoms with Gasteiger partial charge in [-0.25, -0.2) is 0 Å². The maximum absolute atomic E-state index is 12.3. The van der Waals surface area contributed by atoms with Crippen molar-refractivity contribution in [2.45, 2.75) is 38.6 Å². The summed E-state index contributed by atoms with van der Waals surface area (Å²) in [7, 11) is 0. The minimum atomic E-state index is -4.72. The fourth-order valence-corrected chi connectivity index (χ4v) is 3.12. The lowest BCUT2D eigenvalue weighted by molar-refractivity contribution is -0.274. The molecule has 0 saturated carbocycles. The second-order valence-corrected chi connectivity index (χ2v) is 6.77. The summed E-state index contributed by atoms with van der Waals surface area (Å²) in [5.41, 5.74) is 0.767. The molecule has 1 saturated heterocycles. The van der Waals surface area contributed by atoms with Crippen LogP contribution in [0.2, 0.25) is 0 Å². The van der Waals surface area contributed by atoms with Crippen LogP contribution in [0.4, 0.5) is 13.2 Å². The molecule has 0 spiro atoms. The second-order valence-electron chi connectivity index (χ2n) is 6.77. The van der Waals surface area contributed by atoms with E-state index in [-0.39, 0.29) is 30.1 Å². The molecule has 1 aromatic rings. The van der Waals surface area contributed by atoms with Gasteiger partial charge in [0.1, 0.15) is 5.75 Å². The Labute approximate surface area is 150 Å². The number of carbonyl (C=O) groups is 1. The first-order valence-electron chi connectivity index (χ1n) is 8.73. The summed E-state index contributed by atoms with van der Waals surface area (Å²) in [4.78, 5) is 12.3. The van der Waals surface area contributed by atoms with Gasteiger partial charge in [0.25, 0.3) is 0 Å². The zero-order chi connectivity index (χ0) is 19.2. The number of alkyl halides is 3. The van der Waals surface area contributed by atoms with Crippen molar-refractivity contribution in [2.75, 3.05) is 19.7 Å². The average molecular weight is 374 g/mol. The van der Waals surface area contributed by atoms with Gasteiger partial charge >= 0.3 is 6.36 Å². The summed E-state index contributed by atoms with van der Waals surface area (Å²) in [5.74, 6) is -0.516. The maximum Gasteiger partial charge on any atom is 0.573 e. The van der Waals surface area contributed by atoms with Crippen LogP contribution in [0, 0.1) is 11.8 Å². The van der Waals surface area contributed by atoms with Gasteiger partial charge in [0.2, 0.25) is 5.91 Å². The Hall–Kier alpha value is -1.80. The zero-order valence-electron chi connectivity index (χ0n) is 14.7. The normalized spacial score (nSPS) is 21.9. The summed E-state index contributed by atoms with van der Waals surface area (Å²) in [6.45, 7) is 3.06. The minimum absolute atomic E-state index is 0.00859. The van der Waals surface area contributed by atoms with Gasteiger partial charge < -0.3 is 20.5 Å². The van der Waals surface area contributed by atoms with Crippen molar-refractivity contribution >= 4 is 5.91 Å². The Morgan fingerprint density at radius 2 is 2.08 bits per heavy atom. The van der Waals surface area contributed by atoms with E-state index in [2.05, 4.69) is 15.4 Å². The molecule has 5 nitrogen and oxygen atoms in total. The van der Waals surface area contributed by atoms with Crippen molar-refractivity contribution in [2.24, 2.45) is 11.8 Å². The molecule has 1 unspecified atom stereocenters. The number of hydrogen-bond donors (Lipinski definition) is 3. The van der Waals surface area contributed by atoms with Crippen LogP contribution in [0.3, 0.4) is 0 Å². The van der Waals surface area contributed by atoms with E-state index in [1.165, 1.54) is 24.3 Å². The fourth-order valence-electron chi connectivity index (χ4n) is 3.12. The molecule has 3 atom stereocenters. The standard InChI is InChI=1S/C18H25F3N2O3/c1-12-8-15(6-7-22-12)17(25)23-10-14(11-24)9-13-2-4-16(5-3-13)26-18(19,20)21/h2-5,12,14-15,22,24H,6-11H2,1H3,(H,23,25)/t12-,14?,15-/m0/s1. The number of ether oxygens (including phenoxy) is 1. The molecule has 1 fully saturated rings. The number of halogens is 3. The third-order valence-corrected chi connectivity index (χ3v) is 4.50. The lowest BCUT2D eigenvalue weighted by atomic mass is 9.92. The number of piperidine rings is 1. The number of aliphatic hydroxyl groups is 1. The highest BCUT2D eigenvalue weighted by Crippen LogP contribution is 2.23. The molecule has 1 aromatic carbocycles. The molecule has 8 heteroatoms. The van der Waals surface area contributed by atoms with E-state index in [9.17, 15) is 23.1 Å². The predicted molar refractivity (Wildman–Crippen MR) is 90.6 cm³/mol. The topological polar surface area (TPSA) is 70.6 Å². The monoisotopic (exact) mass is 374 g/mol. The van der Waals surface area contributed by atoms with Crippen LogP contribution in [0.15, 0.2) is 24.3 Å². The molecule has 0 radical (unpaired) electrons. The van der Waals surface area contributed by atoms with Gasteiger partial charge in [-0.05, 0) is 50.4 Å². The van der Waals surface area contributed by atoms with Crippen molar-refractivity contribution < 1.29 is 27.8 Å². The van der Waals surface area contributed by atoms with Crippen LogP contribution in [0.25, 0.3) is 0 Å². The molecule has 1 heterocycles. The molecular weight excluding hydrogens is 349 g/mol. The number of aliphatic hydroxyl groups excluding tert-OH is 1. The van der Waals surface area contributed by atoms with E-state index in [0.717, 1.165) is 24.9 Å². The zero-order valence-corrected chi connectivity index (χ0v) is 14.7. The molecular formula is C18H25F3N2O3. The first-order valence-corrected chi connectivity index (χ1v) is 8.73. The average Bonchev–Trinajstić information content (AvgIpc) is 2.58. The van der Waals surface area contributed by atoms with E-state index in [1.807, 2.05) is 6.92 Å². The minimum Gasteiger partial charge on any atom is -0.406 e. The van der Waals surface area contributed by atoms with E-state index < -0.39 is 6.36 Å². The van der Waals surface area contributed by atoms with Gasteiger partial charge in [-0.1, -0.05) is 12.1 Å². The molecule has 1 amide bonds. The first-order chi connectivity index (χ1) is 12.3. The van der Waals surface area contributed by atoms with Gasteiger partial charge in [0, 0.05) is 31.0 Å². The molecule has 1 aliphatic rings. The number of rotatable bonds is 7. The Morgan fingerprint density at radius 1 is 1.38 bits per heavy atom. The highest BCUT2D eigenvalue weighted by atomic mass is 19.4. The van der Waals surface area contributed by atoms with E-state index in [1.54, 1.807) is 0 Å². The summed E-state index contributed by atoms with van der Waals surface area (Å²) in [6, 6.07) is 5.85. The summed E-state index contributed by atoms with van der Waals surface area (Å²) in [5, 5.41) is 15.7. The number of nitrogens with one attached hydrogen (secondary N) is 2. The first kappa shape index (κ1) is 20.5. The van der Waals surface area contributed by atoms with Crippen molar-refractivity contribution in [3.63, 3.8) is 0 Å². The highest BCUT2D eigenvalue weighted by molar-refractivity contribution is 5.78. The smallest absolute Gasteiger partial charge is 0.406 e. The Bertz CT molecular complexity index is 578. The summed E-state index contributed by atoms with van der Waals surface area (Å²) in [6.07, 6.45) is -2.69. The third kappa shape index (κ3) is 6.84. The van der Waals surface area contributed by atoms with E-state index >= 15 is 0 Å². The number of hydrogen-bond acceptors (Lipinski definition) is 4. The van der Waals surface area contributed by atoms with Crippen LogP contribution in [0.5, 0.6) is 5.75 Å². The molecule has 3 N–H and O–H groups in total. The Kier molecular flexibility index (Phi) is 7.28. The summed E-state index contributed by atoms with van der Waals surface area (Å²) < 4.78 is 40.3. The molecule has 146 valence electrons. The summed E-state index contributed by atoms with van der Waals surface area (Å²) >= 11 is 0. The molecule has 0 bridgehead atoms. The SMILES string of the molecule is C[C@H]1C[C@@H](C(=O)NCC(CO)Cc2ccc(OC(F)(F)F)cc2)CCN1. The molecule has 2 rings (SSSR count). The van der Waals surface area contributed by atoms with Gasteiger partial charge in [0.15, 0.2) is 0 Å². The van der Waals surface area contributed by atoms with Gasteiger partial charge in [-0.15, -0.1) is 13.2 Å². The lowest BCUT2D eigenvalue weighted by Crippen LogP contribution is -2.43. The largest absolute Gasteiger partial charge is 0.573 e. The Balaban J connectivity index is 1.82.